The normalized spacial score (nSPS) is 25.9. The first kappa shape index (κ1) is 13.6. The first-order valence-corrected chi connectivity index (χ1v) is 8.12. The predicted molar refractivity (Wildman–Crippen MR) is 78.6 cm³/mol. The number of rotatable bonds is 2. The second-order valence-electron chi connectivity index (χ2n) is 5.09. The molecule has 17 heavy (non-hydrogen) atoms. The van der Waals surface area contributed by atoms with Gasteiger partial charge in [-0.2, -0.15) is 5.10 Å². The van der Waals surface area contributed by atoms with E-state index in [9.17, 15) is 0 Å². The Hall–Kier alpha value is 0.170. The number of hydrogen-bond acceptors (Lipinski definition) is 1. The van der Waals surface area contributed by atoms with Crippen molar-refractivity contribution in [1.82, 2.24) is 9.78 Å². The summed E-state index contributed by atoms with van der Waals surface area (Å²) < 4.78 is 3.23. The lowest BCUT2D eigenvalue weighted by atomic mass is 9.95. The van der Waals surface area contributed by atoms with Crippen molar-refractivity contribution in [2.24, 2.45) is 13.0 Å². The smallest absolute Gasteiger partial charge is 0.0738 e. The summed E-state index contributed by atoms with van der Waals surface area (Å²) in [7, 11) is 2.05. The van der Waals surface area contributed by atoms with Crippen LogP contribution in [0.4, 0.5) is 0 Å². The zero-order valence-electron chi connectivity index (χ0n) is 10.5. The van der Waals surface area contributed by atoms with E-state index < -0.39 is 0 Å². The molecule has 1 saturated carbocycles. The Labute approximate surface area is 120 Å². The molecule has 96 valence electrons. The number of aromatic nitrogens is 2. The van der Waals surface area contributed by atoms with Crippen molar-refractivity contribution in [3.05, 3.63) is 15.9 Å². The van der Waals surface area contributed by atoms with Crippen LogP contribution in [-0.4, -0.2) is 14.6 Å². The van der Waals surface area contributed by atoms with E-state index in [0.717, 1.165) is 18.0 Å². The molecule has 2 atom stereocenters. The van der Waals surface area contributed by atoms with Crippen LogP contribution in [0.15, 0.2) is 4.47 Å². The first-order chi connectivity index (χ1) is 8.09. The fraction of sp³-hybridized carbons (Fsp3) is 0.769. The molecule has 2 rings (SSSR count). The van der Waals surface area contributed by atoms with Gasteiger partial charge in [0.2, 0.25) is 0 Å². The lowest BCUT2D eigenvalue weighted by molar-refractivity contribution is 0.460. The maximum absolute atomic E-state index is 4.48. The van der Waals surface area contributed by atoms with Crippen LogP contribution < -0.4 is 0 Å². The van der Waals surface area contributed by atoms with Gasteiger partial charge >= 0.3 is 0 Å². The largest absolute Gasteiger partial charge is 0.271 e. The van der Waals surface area contributed by atoms with Crippen molar-refractivity contribution in [2.75, 3.05) is 0 Å². The van der Waals surface area contributed by atoms with Gasteiger partial charge < -0.3 is 0 Å². The van der Waals surface area contributed by atoms with Crippen molar-refractivity contribution >= 4 is 31.9 Å². The van der Waals surface area contributed by atoms with Crippen LogP contribution in [0, 0.1) is 12.8 Å². The second kappa shape index (κ2) is 5.87. The van der Waals surface area contributed by atoms with Gasteiger partial charge in [-0.1, -0.05) is 35.2 Å². The van der Waals surface area contributed by atoms with Crippen LogP contribution in [0.25, 0.3) is 0 Å². The molecule has 0 radical (unpaired) electrons. The molecule has 1 fully saturated rings. The average Bonchev–Trinajstić information content (AvgIpc) is 2.45. The van der Waals surface area contributed by atoms with E-state index >= 15 is 0 Å². The highest BCUT2D eigenvalue weighted by Gasteiger charge is 2.24. The minimum Gasteiger partial charge on any atom is -0.271 e. The van der Waals surface area contributed by atoms with Gasteiger partial charge in [-0.25, -0.2) is 0 Å². The topological polar surface area (TPSA) is 17.8 Å². The van der Waals surface area contributed by atoms with E-state index in [2.05, 4.69) is 43.9 Å². The number of nitrogens with zero attached hydrogens (tertiary/aromatic N) is 2. The van der Waals surface area contributed by atoms with Crippen molar-refractivity contribution in [1.29, 1.82) is 0 Å². The van der Waals surface area contributed by atoms with Crippen molar-refractivity contribution in [3.63, 3.8) is 0 Å². The summed E-state index contributed by atoms with van der Waals surface area (Å²) in [5.41, 5.74) is 2.45. The number of hydrogen-bond donors (Lipinski definition) is 0. The average molecular weight is 364 g/mol. The van der Waals surface area contributed by atoms with Gasteiger partial charge in [-0.05, 0) is 48.0 Å². The fourth-order valence-electron chi connectivity index (χ4n) is 2.72. The van der Waals surface area contributed by atoms with Crippen LogP contribution >= 0.6 is 31.9 Å². The molecule has 1 heterocycles. The SMILES string of the molecule is Cc1nn(C)c(CC2CCCCCC2Br)c1Br. The van der Waals surface area contributed by atoms with Gasteiger partial charge in [0, 0.05) is 11.9 Å². The number of aryl methyl sites for hydroxylation is 2. The monoisotopic (exact) mass is 362 g/mol. The Balaban J connectivity index is 2.13. The Kier molecular flexibility index (Phi) is 4.70. The Morgan fingerprint density at radius 1 is 1.29 bits per heavy atom. The van der Waals surface area contributed by atoms with Crippen LogP contribution in [0.1, 0.15) is 43.5 Å². The summed E-state index contributed by atoms with van der Waals surface area (Å²) >= 11 is 7.54. The van der Waals surface area contributed by atoms with E-state index in [1.807, 2.05) is 11.7 Å². The summed E-state index contributed by atoms with van der Waals surface area (Å²) in [5.74, 6) is 0.753. The lowest BCUT2D eigenvalue weighted by Crippen LogP contribution is -2.17. The van der Waals surface area contributed by atoms with Crippen molar-refractivity contribution in [2.45, 2.75) is 50.3 Å². The van der Waals surface area contributed by atoms with Gasteiger partial charge in [0.05, 0.1) is 15.9 Å². The van der Waals surface area contributed by atoms with E-state index in [1.54, 1.807) is 0 Å². The third kappa shape index (κ3) is 3.14. The van der Waals surface area contributed by atoms with Gasteiger partial charge in [-0.3, -0.25) is 4.68 Å². The van der Waals surface area contributed by atoms with Crippen LogP contribution in [-0.2, 0) is 13.5 Å². The molecule has 1 aromatic heterocycles. The molecule has 1 aliphatic carbocycles. The molecule has 0 aliphatic heterocycles. The Morgan fingerprint density at radius 3 is 2.65 bits per heavy atom. The quantitative estimate of drug-likeness (QED) is 0.563. The van der Waals surface area contributed by atoms with Gasteiger partial charge in [0.25, 0.3) is 0 Å². The molecule has 0 amide bonds. The minimum atomic E-state index is 0.673. The highest BCUT2D eigenvalue weighted by atomic mass is 79.9. The van der Waals surface area contributed by atoms with E-state index in [0.29, 0.717) is 4.83 Å². The van der Waals surface area contributed by atoms with Gasteiger partial charge in [0.1, 0.15) is 0 Å². The fourth-order valence-corrected chi connectivity index (χ4v) is 3.99. The summed E-state index contributed by atoms with van der Waals surface area (Å²) in [4.78, 5) is 0.673. The van der Waals surface area contributed by atoms with Crippen LogP contribution in [0.2, 0.25) is 0 Å². The van der Waals surface area contributed by atoms with Crippen molar-refractivity contribution in [3.8, 4) is 0 Å². The van der Waals surface area contributed by atoms with Crippen molar-refractivity contribution < 1.29 is 0 Å². The number of halogens is 2. The summed E-state index contributed by atoms with van der Waals surface area (Å²) in [6.45, 7) is 2.06. The molecule has 0 N–H and O–H groups in total. The van der Waals surface area contributed by atoms with Gasteiger partial charge in [-0.15, -0.1) is 0 Å². The molecule has 0 bridgehead atoms. The third-order valence-corrected chi connectivity index (χ3v) is 6.02. The maximum atomic E-state index is 4.48. The number of alkyl halides is 1. The summed E-state index contributed by atoms with van der Waals surface area (Å²) in [6, 6.07) is 0. The molecule has 0 aromatic carbocycles. The Morgan fingerprint density at radius 2 is 2.00 bits per heavy atom. The standard InChI is InChI=1S/C13H20Br2N2/c1-9-13(15)12(17(2)16-9)8-10-6-4-3-5-7-11(10)14/h10-11H,3-8H2,1-2H3. The molecule has 1 aromatic rings. The molecule has 2 unspecified atom stereocenters. The molecule has 2 nitrogen and oxygen atoms in total. The molecular formula is C13H20Br2N2. The summed E-state index contributed by atoms with van der Waals surface area (Å²) in [6.07, 6.45) is 7.93. The first-order valence-electron chi connectivity index (χ1n) is 6.41. The molecule has 4 heteroatoms. The predicted octanol–water partition coefficient (Wildman–Crippen LogP) is 4.38. The highest BCUT2D eigenvalue weighted by Crippen LogP contribution is 2.33. The van der Waals surface area contributed by atoms with E-state index in [-0.39, 0.29) is 0 Å². The van der Waals surface area contributed by atoms with Gasteiger partial charge in [0.15, 0.2) is 0 Å². The maximum Gasteiger partial charge on any atom is 0.0738 e. The molecular weight excluding hydrogens is 344 g/mol. The van der Waals surface area contributed by atoms with Crippen LogP contribution in [0.5, 0.6) is 0 Å². The second-order valence-corrected chi connectivity index (χ2v) is 7.06. The molecule has 0 saturated heterocycles. The third-order valence-electron chi connectivity index (χ3n) is 3.78. The summed E-state index contributed by atoms with van der Waals surface area (Å²) in [5, 5.41) is 4.48. The highest BCUT2D eigenvalue weighted by molar-refractivity contribution is 9.10. The van der Waals surface area contributed by atoms with E-state index in [1.165, 1.54) is 42.3 Å². The lowest BCUT2D eigenvalue weighted by Gasteiger charge is -2.20. The molecule has 0 spiro atoms. The zero-order chi connectivity index (χ0) is 12.4. The van der Waals surface area contributed by atoms with E-state index in [4.69, 9.17) is 0 Å². The minimum absolute atomic E-state index is 0.673. The molecule has 1 aliphatic rings. The Bertz CT molecular complexity index is 387. The van der Waals surface area contributed by atoms with Crippen LogP contribution in [0.3, 0.4) is 0 Å². The zero-order valence-corrected chi connectivity index (χ0v) is 13.7.